The Balaban J connectivity index is 2.09. The molecule has 0 saturated carbocycles. The lowest BCUT2D eigenvalue weighted by Gasteiger charge is -2.18. The second-order valence-corrected chi connectivity index (χ2v) is 7.16. The largest absolute Gasteiger partial charge is 0.285 e. The van der Waals surface area contributed by atoms with E-state index in [1.54, 1.807) is 16.3 Å². The van der Waals surface area contributed by atoms with Crippen LogP contribution in [0.3, 0.4) is 0 Å². The summed E-state index contributed by atoms with van der Waals surface area (Å²) in [5.74, 6) is 0. The first kappa shape index (κ1) is 15.8. The molecule has 0 radical (unpaired) electrons. The van der Waals surface area contributed by atoms with E-state index in [1.165, 1.54) is 5.56 Å². The van der Waals surface area contributed by atoms with Crippen LogP contribution in [0.4, 0.5) is 0 Å². The van der Waals surface area contributed by atoms with Crippen molar-refractivity contribution in [3.05, 3.63) is 70.5 Å². The smallest absolute Gasteiger partial charge is 0.262 e. The van der Waals surface area contributed by atoms with E-state index >= 15 is 0 Å². The predicted octanol–water partition coefficient (Wildman–Crippen LogP) is 4.83. The van der Waals surface area contributed by atoms with Crippen molar-refractivity contribution in [2.24, 2.45) is 0 Å². The second kappa shape index (κ2) is 6.59. The maximum Gasteiger partial charge on any atom is 0.262 e. The van der Waals surface area contributed by atoms with E-state index in [2.05, 4.69) is 19.1 Å². The molecule has 0 amide bonds. The van der Waals surface area contributed by atoms with Crippen LogP contribution in [0, 0.1) is 0 Å². The summed E-state index contributed by atoms with van der Waals surface area (Å²) >= 11 is 1.63. The third-order valence-corrected chi connectivity index (χ3v) is 4.97. The first-order chi connectivity index (χ1) is 11.1. The minimum absolute atomic E-state index is 0.0355. The predicted molar refractivity (Wildman–Crippen MR) is 97.1 cm³/mol. The molecule has 0 spiro atoms. The van der Waals surface area contributed by atoms with Gasteiger partial charge in [-0.15, -0.1) is 0 Å². The van der Waals surface area contributed by atoms with E-state index in [9.17, 15) is 4.79 Å². The number of aromatic nitrogens is 2. The van der Waals surface area contributed by atoms with Crippen LogP contribution in [-0.4, -0.2) is 9.55 Å². The molecule has 1 heterocycles. The SMILES string of the molecule is CC(Sc1nc2ccccc2c(=O)n1C(C)C)c1ccccc1. The lowest BCUT2D eigenvalue weighted by Crippen LogP contribution is -2.25. The van der Waals surface area contributed by atoms with Crippen LogP contribution in [0.2, 0.25) is 0 Å². The lowest BCUT2D eigenvalue weighted by atomic mass is 10.2. The first-order valence-corrected chi connectivity index (χ1v) is 8.68. The van der Waals surface area contributed by atoms with E-state index in [0.717, 1.165) is 10.7 Å². The van der Waals surface area contributed by atoms with Gasteiger partial charge in [0.05, 0.1) is 10.9 Å². The highest BCUT2D eigenvalue weighted by atomic mass is 32.2. The van der Waals surface area contributed by atoms with E-state index in [0.29, 0.717) is 5.39 Å². The van der Waals surface area contributed by atoms with Gasteiger partial charge in [-0.05, 0) is 38.5 Å². The fourth-order valence-corrected chi connectivity index (χ4v) is 3.78. The topological polar surface area (TPSA) is 34.9 Å². The molecule has 0 aliphatic rings. The highest BCUT2D eigenvalue weighted by molar-refractivity contribution is 7.99. The van der Waals surface area contributed by atoms with E-state index in [4.69, 9.17) is 4.98 Å². The molecule has 1 unspecified atom stereocenters. The lowest BCUT2D eigenvalue weighted by molar-refractivity contribution is 0.518. The van der Waals surface area contributed by atoms with Gasteiger partial charge in [0.25, 0.3) is 5.56 Å². The summed E-state index contributed by atoms with van der Waals surface area (Å²) in [6.07, 6.45) is 0. The Hall–Kier alpha value is -2.07. The fraction of sp³-hybridized carbons (Fsp3) is 0.263. The van der Waals surface area contributed by atoms with Crippen LogP contribution in [0.5, 0.6) is 0 Å². The molecule has 0 saturated heterocycles. The number of benzene rings is 2. The molecule has 0 N–H and O–H groups in total. The maximum atomic E-state index is 12.8. The van der Waals surface area contributed by atoms with Gasteiger partial charge in [-0.25, -0.2) is 4.98 Å². The zero-order valence-corrected chi connectivity index (χ0v) is 14.4. The monoisotopic (exact) mass is 324 g/mol. The summed E-state index contributed by atoms with van der Waals surface area (Å²) < 4.78 is 1.80. The van der Waals surface area contributed by atoms with Crippen LogP contribution in [0.25, 0.3) is 10.9 Å². The van der Waals surface area contributed by atoms with Crippen molar-refractivity contribution in [2.45, 2.75) is 37.2 Å². The standard InChI is InChI=1S/C19H20N2OS/c1-13(2)21-18(22)16-11-7-8-12-17(16)20-19(21)23-14(3)15-9-5-4-6-10-15/h4-14H,1-3H3. The molecule has 3 rings (SSSR count). The molecule has 3 nitrogen and oxygen atoms in total. The molecule has 0 bridgehead atoms. The zero-order valence-electron chi connectivity index (χ0n) is 13.6. The Morgan fingerprint density at radius 2 is 1.61 bits per heavy atom. The van der Waals surface area contributed by atoms with Gasteiger partial charge < -0.3 is 0 Å². The first-order valence-electron chi connectivity index (χ1n) is 7.81. The van der Waals surface area contributed by atoms with Gasteiger partial charge in [-0.3, -0.25) is 9.36 Å². The van der Waals surface area contributed by atoms with E-state index < -0.39 is 0 Å². The molecule has 1 atom stereocenters. The Kier molecular flexibility index (Phi) is 4.53. The number of para-hydroxylation sites is 1. The molecular weight excluding hydrogens is 304 g/mol. The van der Waals surface area contributed by atoms with Crippen molar-refractivity contribution in [1.29, 1.82) is 0 Å². The molecule has 23 heavy (non-hydrogen) atoms. The molecular formula is C19H20N2OS. The number of rotatable bonds is 4. The van der Waals surface area contributed by atoms with Crippen molar-refractivity contribution in [3.63, 3.8) is 0 Å². The van der Waals surface area contributed by atoms with E-state index in [1.807, 2.05) is 56.3 Å². The fourth-order valence-electron chi connectivity index (χ4n) is 2.61. The zero-order chi connectivity index (χ0) is 16.4. The third-order valence-electron chi connectivity index (χ3n) is 3.84. The van der Waals surface area contributed by atoms with Crippen LogP contribution in [0.15, 0.2) is 64.5 Å². The Bertz CT molecular complexity index is 871. The van der Waals surface area contributed by atoms with Gasteiger partial charge >= 0.3 is 0 Å². The van der Waals surface area contributed by atoms with Gasteiger partial charge in [0, 0.05) is 11.3 Å². The van der Waals surface area contributed by atoms with Gasteiger partial charge in [0.2, 0.25) is 0 Å². The highest BCUT2D eigenvalue weighted by Crippen LogP contribution is 2.34. The summed E-state index contributed by atoms with van der Waals surface area (Å²) in [6, 6.07) is 17.9. The summed E-state index contributed by atoms with van der Waals surface area (Å²) in [5.41, 5.74) is 2.03. The Morgan fingerprint density at radius 1 is 0.957 bits per heavy atom. The van der Waals surface area contributed by atoms with Crippen molar-refractivity contribution in [3.8, 4) is 0 Å². The summed E-state index contributed by atoms with van der Waals surface area (Å²) in [4.78, 5) is 17.6. The quantitative estimate of drug-likeness (QED) is 0.509. The van der Waals surface area contributed by atoms with Gasteiger partial charge in [-0.2, -0.15) is 0 Å². The van der Waals surface area contributed by atoms with E-state index in [-0.39, 0.29) is 16.9 Å². The molecule has 1 aromatic heterocycles. The van der Waals surface area contributed by atoms with Crippen molar-refractivity contribution < 1.29 is 0 Å². The average molecular weight is 324 g/mol. The number of hydrogen-bond donors (Lipinski definition) is 0. The van der Waals surface area contributed by atoms with Crippen LogP contribution < -0.4 is 5.56 Å². The number of thioether (sulfide) groups is 1. The minimum atomic E-state index is 0.0355. The molecule has 118 valence electrons. The average Bonchev–Trinajstić information content (AvgIpc) is 2.55. The van der Waals surface area contributed by atoms with Crippen molar-refractivity contribution >= 4 is 22.7 Å². The maximum absolute atomic E-state index is 12.8. The second-order valence-electron chi connectivity index (χ2n) is 5.85. The summed E-state index contributed by atoms with van der Waals surface area (Å²) in [6.45, 7) is 6.19. The Morgan fingerprint density at radius 3 is 2.30 bits per heavy atom. The molecule has 4 heteroatoms. The molecule has 0 fully saturated rings. The van der Waals surface area contributed by atoms with Crippen molar-refractivity contribution in [2.75, 3.05) is 0 Å². The number of fused-ring (bicyclic) bond motifs is 1. The van der Waals surface area contributed by atoms with Crippen molar-refractivity contribution in [1.82, 2.24) is 9.55 Å². The molecule has 2 aromatic carbocycles. The highest BCUT2D eigenvalue weighted by Gasteiger charge is 2.17. The summed E-state index contributed by atoms with van der Waals surface area (Å²) in [5, 5.41) is 1.69. The normalized spacial score (nSPS) is 12.7. The van der Waals surface area contributed by atoms with Crippen LogP contribution in [0.1, 0.15) is 37.6 Å². The number of hydrogen-bond acceptors (Lipinski definition) is 3. The minimum Gasteiger partial charge on any atom is -0.285 e. The Labute approximate surface area is 140 Å². The van der Waals surface area contributed by atoms with Crippen LogP contribution >= 0.6 is 11.8 Å². The molecule has 3 aromatic rings. The van der Waals surface area contributed by atoms with Crippen LogP contribution in [-0.2, 0) is 0 Å². The molecule has 0 aliphatic carbocycles. The van der Waals surface area contributed by atoms with Gasteiger partial charge in [0.15, 0.2) is 5.16 Å². The molecule has 0 aliphatic heterocycles. The third kappa shape index (κ3) is 3.17. The number of nitrogens with zero attached hydrogens (tertiary/aromatic N) is 2. The van der Waals surface area contributed by atoms with Gasteiger partial charge in [-0.1, -0.05) is 54.2 Å². The van der Waals surface area contributed by atoms with Gasteiger partial charge in [0.1, 0.15) is 0 Å². The summed E-state index contributed by atoms with van der Waals surface area (Å²) in [7, 11) is 0.